The number of nitrogens with zero attached hydrogens (tertiary/aromatic N) is 1. The molecule has 24 heavy (non-hydrogen) atoms. The van der Waals surface area contributed by atoms with Crippen molar-refractivity contribution in [2.24, 2.45) is 0 Å². The third kappa shape index (κ3) is 4.01. The predicted molar refractivity (Wildman–Crippen MR) is 85.7 cm³/mol. The largest absolute Gasteiger partial charge is 0.495 e. The van der Waals surface area contributed by atoms with Gasteiger partial charge in [-0.1, -0.05) is 6.92 Å². The van der Waals surface area contributed by atoms with Gasteiger partial charge in [-0.2, -0.15) is 8.42 Å². The molecule has 0 bridgehead atoms. The number of hydrogen-bond acceptors (Lipinski definition) is 6. The van der Waals surface area contributed by atoms with Gasteiger partial charge in [-0.3, -0.25) is 9.71 Å². The Morgan fingerprint density at radius 2 is 1.88 bits per heavy atom. The van der Waals surface area contributed by atoms with E-state index in [-0.39, 0.29) is 22.6 Å². The molecule has 0 amide bonds. The third-order valence-electron chi connectivity index (χ3n) is 3.19. The molecule has 0 aliphatic rings. The van der Waals surface area contributed by atoms with Crippen LogP contribution < -0.4 is 9.46 Å². The predicted octanol–water partition coefficient (Wildman–Crippen LogP) is 2.11. The lowest BCUT2D eigenvalue weighted by Crippen LogP contribution is -2.14. The molecule has 2 aromatic rings. The lowest BCUT2D eigenvalue weighted by Gasteiger charge is -2.11. The first-order chi connectivity index (χ1) is 11.2. The van der Waals surface area contributed by atoms with Crippen LogP contribution >= 0.6 is 0 Å². The van der Waals surface area contributed by atoms with E-state index in [9.17, 15) is 20.7 Å². The molecule has 1 aromatic heterocycles. The van der Waals surface area contributed by atoms with Gasteiger partial charge in [0, 0.05) is 6.07 Å². The minimum absolute atomic E-state index is 0.0733. The van der Waals surface area contributed by atoms with E-state index in [0.29, 0.717) is 5.75 Å². The van der Waals surface area contributed by atoms with Crippen molar-refractivity contribution >= 4 is 25.9 Å². The zero-order valence-electron chi connectivity index (χ0n) is 12.9. The highest BCUT2D eigenvalue weighted by Crippen LogP contribution is 2.24. The summed E-state index contributed by atoms with van der Waals surface area (Å²) in [6.45, 7) is 1.60. The van der Waals surface area contributed by atoms with Crippen molar-refractivity contribution in [3.63, 3.8) is 0 Å². The number of aromatic nitrogens is 1. The highest BCUT2D eigenvalue weighted by molar-refractivity contribution is 7.92. The summed E-state index contributed by atoms with van der Waals surface area (Å²) in [5.74, 6) is 0.364. The Bertz CT molecular complexity index is 959. The Balaban J connectivity index is 2.42. The van der Waals surface area contributed by atoms with Crippen LogP contribution in [0.3, 0.4) is 0 Å². The van der Waals surface area contributed by atoms with Gasteiger partial charge in [-0.05, 0) is 30.2 Å². The van der Waals surface area contributed by atoms with E-state index in [1.54, 1.807) is 6.92 Å². The third-order valence-corrected chi connectivity index (χ3v) is 5.49. The van der Waals surface area contributed by atoms with Gasteiger partial charge in [0.15, 0.2) is 0 Å². The Morgan fingerprint density at radius 1 is 1.17 bits per heavy atom. The van der Waals surface area contributed by atoms with Crippen molar-refractivity contribution in [3.8, 4) is 5.75 Å². The fourth-order valence-electron chi connectivity index (χ4n) is 2.04. The number of pyridine rings is 1. The summed E-state index contributed by atoms with van der Waals surface area (Å²) in [7, 11) is -7.50. The monoisotopic (exact) mass is 374 g/mol. The van der Waals surface area contributed by atoms with Gasteiger partial charge in [0.25, 0.3) is 10.0 Å². The van der Waals surface area contributed by atoms with Gasteiger partial charge in [0.05, 0.1) is 30.1 Å². The van der Waals surface area contributed by atoms with E-state index in [0.717, 1.165) is 18.2 Å². The molecular weight excluding hydrogens is 359 g/mol. The maximum absolute atomic E-state index is 13.2. The van der Waals surface area contributed by atoms with Crippen LogP contribution in [-0.2, 0) is 26.7 Å². The quantitative estimate of drug-likeness (QED) is 0.777. The van der Waals surface area contributed by atoms with Crippen LogP contribution in [0.4, 0.5) is 9.57 Å². The van der Waals surface area contributed by atoms with Gasteiger partial charge in [0.1, 0.15) is 10.6 Å². The van der Waals surface area contributed by atoms with Crippen LogP contribution in [0.5, 0.6) is 5.75 Å². The normalized spacial score (nSPS) is 12.0. The lowest BCUT2D eigenvalue weighted by molar-refractivity contribution is 0.413. The van der Waals surface area contributed by atoms with Crippen LogP contribution in [0.2, 0.25) is 0 Å². The second-order valence-corrected chi connectivity index (χ2v) is 7.78. The van der Waals surface area contributed by atoms with E-state index < -0.39 is 25.1 Å². The second-order valence-electron chi connectivity index (χ2n) is 4.78. The molecule has 1 heterocycles. The van der Waals surface area contributed by atoms with Crippen LogP contribution in [-0.4, -0.2) is 28.9 Å². The standard InChI is InChI=1S/C14H15FN2O5S2/c1-3-10-6-13(4-5-14(10)23(15,18)19)24(20,21)17-11-7-12(22-2)9-16-8-11/h4-9,17H,3H2,1-2H3. The van der Waals surface area contributed by atoms with Crippen molar-refractivity contribution in [3.05, 3.63) is 42.2 Å². The average Bonchev–Trinajstić information content (AvgIpc) is 2.53. The summed E-state index contributed by atoms with van der Waals surface area (Å²) >= 11 is 0. The van der Waals surface area contributed by atoms with Crippen LogP contribution in [0, 0.1) is 0 Å². The van der Waals surface area contributed by atoms with Gasteiger partial charge in [-0.15, -0.1) is 3.89 Å². The molecule has 0 spiro atoms. The van der Waals surface area contributed by atoms with Gasteiger partial charge in [-0.25, -0.2) is 8.42 Å². The summed E-state index contributed by atoms with van der Waals surface area (Å²) in [6, 6.07) is 4.53. The molecule has 1 aromatic carbocycles. The van der Waals surface area contributed by atoms with Crippen molar-refractivity contribution in [1.29, 1.82) is 0 Å². The Morgan fingerprint density at radius 3 is 2.46 bits per heavy atom. The molecular formula is C14H15FN2O5S2. The highest BCUT2D eigenvalue weighted by atomic mass is 32.3. The van der Waals surface area contributed by atoms with E-state index in [1.807, 2.05) is 0 Å². The molecule has 1 N–H and O–H groups in total. The maximum atomic E-state index is 13.2. The summed E-state index contributed by atoms with van der Waals surface area (Å²) in [5, 5.41) is 0. The number of hydrogen-bond donors (Lipinski definition) is 1. The average molecular weight is 374 g/mol. The number of benzene rings is 1. The molecule has 2 rings (SSSR count). The first-order valence-electron chi connectivity index (χ1n) is 6.77. The van der Waals surface area contributed by atoms with E-state index in [2.05, 4.69) is 9.71 Å². The fourth-order valence-corrected chi connectivity index (χ4v) is 3.87. The number of rotatable bonds is 6. The summed E-state index contributed by atoms with van der Waals surface area (Å²) in [5.41, 5.74) is 0.249. The summed E-state index contributed by atoms with van der Waals surface area (Å²) in [6.07, 6.45) is 2.86. The number of sulfonamides is 1. The minimum Gasteiger partial charge on any atom is -0.495 e. The van der Waals surface area contributed by atoms with Crippen LogP contribution in [0.1, 0.15) is 12.5 Å². The Kier molecular flexibility index (Phi) is 5.09. The van der Waals surface area contributed by atoms with E-state index >= 15 is 0 Å². The number of nitrogens with one attached hydrogen (secondary N) is 1. The molecule has 0 aliphatic carbocycles. The maximum Gasteiger partial charge on any atom is 0.332 e. The van der Waals surface area contributed by atoms with Crippen molar-refractivity contribution in [2.45, 2.75) is 23.1 Å². The van der Waals surface area contributed by atoms with Crippen molar-refractivity contribution < 1.29 is 25.5 Å². The molecule has 130 valence electrons. The minimum atomic E-state index is -4.92. The van der Waals surface area contributed by atoms with Crippen LogP contribution in [0.15, 0.2) is 46.5 Å². The second kappa shape index (κ2) is 6.73. The lowest BCUT2D eigenvalue weighted by atomic mass is 10.2. The van der Waals surface area contributed by atoms with Gasteiger partial charge < -0.3 is 4.74 Å². The molecule has 10 heteroatoms. The van der Waals surface area contributed by atoms with Crippen molar-refractivity contribution in [2.75, 3.05) is 11.8 Å². The van der Waals surface area contributed by atoms with E-state index in [1.165, 1.54) is 25.6 Å². The fraction of sp³-hybridized carbons (Fsp3) is 0.214. The molecule has 0 aliphatic heterocycles. The van der Waals surface area contributed by atoms with Crippen molar-refractivity contribution in [1.82, 2.24) is 4.98 Å². The molecule has 0 radical (unpaired) electrons. The summed E-state index contributed by atoms with van der Waals surface area (Å²) in [4.78, 5) is 3.11. The number of halogens is 1. The van der Waals surface area contributed by atoms with E-state index in [4.69, 9.17) is 4.74 Å². The SMILES string of the molecule is CCc1cc(S(=O)(=O)Nc2cncc(OC)c2)ccc1S(=O)(=O)F. The highest BCUT2D eigenvalue weighted by Gasteiger charge is 2.21. The summed E-state index contributed by atoms with van der Waals surface area (Å²) < 4.78 is 67.5. The first-order valence-corrected chi connectivity index (χ1v) is 9.63. The van der Waals surface area contributed by atoms with Gasteiger partial charge >= 0.3 is 10.2 Å². The Hall–Kier alpha value is -2.20. The molecule has 0 fully saturated rings. The number of aryl methyl sites for hydroxylation is 1. The zero-order valence-corrected chi connectivity index (χ0v) is 14.5. The first kappa shape index (κ1) is 18.1. The Labute approximate surface area is 139 Å². The molecule has 0 saturated heterocycles. The number of ether oxygens (including phenoxy) is 1. The number of anilines is 1. The number of methoxy groups -OCH3 is 1. The smallest absolute Gasteiger partial charge is 0.332 e. The molecule has 0 saturated carbocycles. The zero-order chi connectivity index (χ0) is 18.0. The van der Waals surface area contributed by atoms with Gasteiger partial charge in [0.2, 0.25) is 0 Å². The molecule has 7 nitrogen and oxygen atoms in total. The van der Waals surface area contributed by atoms with Crippen LogP contribution in [0.25, 0.3) is 0 Å². The molecule has 0 atom stereocenters. The topological polar surface area (TPSA) is 102 Å². The molecule has 0 unspecified atom stereocenters.